The largest absolute Gasteiger partial charge is 0.477 e. The minimum Gasteiger partial charge on any atom is -0.477 e. The van der Waals surface area contributed by atoms with Crippen LogP contribution in [0.2, 0.25) is 0 Å². The summed E-state index contributed by atoms with van der Waals surface area (Å²) >= 11 is 1.37. The lowest BCUT2D eigenvalue weighted by atomic mass is 10.1. The highest BCUT2D eigenvalue weighted by atomic mass is 32.2. The summed E-state index contributed by atoms with van der Waals surface area (Å²) in [6.07, 6.45) is 0.989. The molecule has 0 radical (unpaired) electrons. The highest BCUT2D eigenvalue weighted by molar-refractivity contribution is 7.99. The average Bonchev–Trinajstić information content (AvgIpc) is 3.29. The molecule has 150 valence electrons. The number of nitrogens with zero attached hydrogens (tertiary/aromatic N) is 2. The molecule has 0 spiro atoms. The predicted octanol–water partition coefficient (Wildman–Crippen LogP) is 2.77. The maximum atomic E-state index is 14.9. The number of hydrogen-bond donors (Lipinski definition) is 2. The summed E-state index contributed by atoms with van der Waals surface area (Å²) in [5.41, 5.74) is 0.265. The molecule has 8 heteroatoms. The van der Waals surface area contributed by atoms with Crippen molar-refractivity contribution in [1.29, 1.82) is 0 Å². The second-order valence-corrected chi connectivity index (χ2v) is 8.88. The van der Waals surface area contributed by atoms with Gasteiger partial charge >= 0.3 is 5.97 Å². The molecule has 0 bridgehead atoms. The fourth-order valence-electron chi connectivity index (χ4n) is 4.09. The SMILES string of the molecule is CC(C)NCC1CCN(c2cc3c(cc2F)c(=O)c(C(=O)O)c2n3CCS2)C1. The Morgan fingerprint density at radius 3 is 2.89 bits per heavy atom. The summed E-state index contributed by atoms with van der Waals surface area (Å²) in [5, 5.41) is 13.5. The molecule has 6 nitrogen and oxygen atoms in total. The molecule has 28 heavy (non-hydrogen) atoms. The van der Waals surface area contributed by atoms with E-state index >= 15 is 0 Å². The van der Waals surface area contributed by atoms with Crippen molar-refractivity contribution in [2.45, 2.75) is 37.9 Å². The van der Waals surface area contributed by atoms with E-state index < -0.39 is 17.2 Å². The number of carboxylic acids is 1. The van der Waals surface area contributed by atoms with Crippen LogP contribution in [0.15, 0.2) is 22.0 Å². The molecule has 1 saturated heterocycles. The van der Waals surface area contributed by atoms with Crippen molar-refractivity contribution in [1.82, 2.24) is 9.88 Å². The first-order valence-electron chi connectivity index (χ1n) is 9.61. The maximum Gasteiger partial charge on any atom is 0.342 e. The molecule has 1 unspecified atom stereocenters. The molecule has 0 amide bonds. The molecular formula is C20H24FN3O3S. The number of benzene rings is 1. The number of thioether (sulfide) groups is 1. The molecule has 0 aliphatic carbocycles. The van der Waals surface area contributed by atoms with E-state index in [-0.39, 0.29) is 10.9 Å². The number of pyridine rings is 1. The zero-order valence-corrected chi connectivity index (χ0v) is 16.8. The molecule has 2 aliphatic rings. The van der Waals surface area contributed by atoms with E-state index in [1.807, 2.05) is 9.47 Å². The summed E-state index contributed by atoms with van der Waals surface area (Å²) in [5.74, 6) is -0.562. The van der Waals surface area contributed by atoms with Gasteiger partial charge in [-0.05, 0) is 31.0 Å². The van der Waals surface area contributed by atoms with Crippen LogP contribution in [0.1, 0.15) is 30.6 Å². The van der Waals surface area contributed by atoms with Gasteiger partial charge in [0.15, 0.2) is 0 Å². The smallest absolute Gasteiger partial charge is 0.342 e. The minimum absolute atomic E-state index is 0.141. The van der Waals surface area contributed by atoms with Gasteiger partial charge in [-0.15, -0.1) is 11.8 Å². The van der Waals surface area contributed by atoms with E-state index in [0.29, 0.717) is 40.5 Å². The quantitative estimate of drug-likeness (QED) is 0.797. The van der Waals surface area contributed by atoms with E-state index in [9.17, 15) is 19.1 Å². The van der Waals surface area contributed by atoms with Crippen molar-refractivity contribution in [3.8, 4) is 0 Å². The summed E-state index contributed by atoms with van der Waals surface area (Å²) in [7, 11) is 0. The van der Waals surface area contributed by atoms with Gasteiger partial charge in [0.2, 0.25) is 5.43 Å². The van der Waals surface area contributed by atoms with Crippen LogP contribution < -0.4 is 15.6 Å². The van der Waals surface area contributed by atoms with Crippen LogP contribution in [0.4, 0.5) is 10.1 Å². The van der Waals surface area contributed by atoms with Crippen molar-refractivity contribution in [3.63, 3.8) is 0 Å². The number of anilines is 1. The molecule has 3 heterocycles. The van der Waals surface area contributed by atoms with Gasteiger partial charge in [0.05, 0.1) is 16.2 Å². The van der Waals surface area contributed by atoms with Crippen molar-refractivity contribution in [3.05, 3.63) is 33.7 Å². The van der Waals surface area contributed by atoms with Crippen molar-refractivity contribution in [2.75, 3.05) is 30.3 Å². The number of nitrogens with one attached hydrogen (secondary N) is 1. The normalized spacial score (nSPS) is 19.0. The van der Waals surface area contributed by atoms with E-state index in [1.165, 1.54) is 17.8 Å². The maximum absolute atomic E-state index is 14.9. The van der Waals surface area contributed by atoms with Gasteiger partial charge in [0.25, 0.3) is 0 Å². The highest BCUT2D eigenvalue weighted by Gasteiger charge is 2.29. The summed E-state index contributed by atoms with van der Waals surface area (Å²) in [4.78, 5) is 26.4. The van der Waals surface area contributed by atoms with Gasteiger partial charge in [-0.25, -0.2) is 9.18 Å². The molecule has 2 aromatic rings. The van der Waals surface area contributed by atoms with Crippen LogP contribution in [0, 0.1) is 11.7 Å². The number of halogens is 1. The third kappa shape index (κ3) is 3.28. The van der Waals surface area contributed by atoms with Gasteiger partial charge < -0.3 is 19.9 Å². The molecule has 1 aromatic carbocycles. The van der Waals surface area contributed by atoms with Gasteiger partial charge in [-0.2, -0.15) is 0 Å². The predicted molar refractivity (Wildman–Crippen MR) is 109 cm³/mol. The summed E-state index contributed by atoms with van der Waals surface area (Å²) in [6, 6.07) is 3.36. The lowest BCUT2D eigenvalue weighted by Gasteiger charge is -2.21. The minimum atomic E-state index is -1.26. The molecule has 1 aromatic heterocycles. The van der Waals surface area contributed by atoms with E-state index in [2.05, 4.69) is 19.2 Å². The van der Waals surface area contributed by atoms with Crippen molar-refractivity contribution < 1.29 is 14.3 Å². The number of aromatic carboxylic acids is 1. The fourth-order valence-corrected chi connectivity index (χ4v) is 5.23. The van der Waals surface area contributed by atoms with Gasteiger partial charge in [0.1, 0.15) is 11.4 Å². The summed E-state index contributed by atoms with van der Waals surface area (Å²) in [6.45, 7) is 7.27. The topological polar surface area (TPSA) is 74.6 Å². The Labute approximate surface area is 166 Å². The molecule has 2 N–H and O–H groups in total. The molecular weight excluding hydrogens is 381 g/mol. The average molecular weight is 405 g/mol. The third-order valence-corrected chi connectivity index (χ3v) is 6.58. The van der Waals surface area contributed by atoms with Crippen LogP contribution in [-0.4, -0.2) is 47.1 Å². The Morgan fingerprint density at radius 2 is 2.18 bits per heavy atom. The number of carboxylic acid groups (broad SMARTS) is 1. The zero-order chi connectivity index (χ0) is 20.0. The van der Waals surface area contributed by atoms with Crippen LogP contribution in [-0.2, 0) is 6.54 Å². The van der Waals surface area contributed by atoms with Gasteiger partial charge in [-0.1, -0.05) is 13.8 Å². The van der Waals surface area contributed by atoms with E-state index in [4.69, 9.17) is 0 Å². The van der Waals surface area contributed by atoms with E-state index in [1.54, 1.807) is 6.07 Å². The van der Waals surface area contributed by atoms with Gasteiger partial charge in [0, 0.05) is 36.8 Å². The van der Waals surface area contributed by atoms with Gasteiger partial charge in [-0.3, -0.25) is 4.79 Å². The third-order valence-electron chi connectivity index (χ3n) is 5.50. The Kier molecular flexibility index (Phi) is 5.09. The molecule has 1 atom stereocenters. The number of aryl methyl sites for hydroxylation is 1. The summed E-state index contributed by atoms with van der Waals surface area (Å²) < 4.78 is 16.8. The molecule has 1 fully saturated rings. The second-order valence-electron chi connectivity index (χ2n) is 7.80. The standard InChI is InChI=1S/C20H24FN3O3S/c1-11(2)22-9-12-3-4-23(10-12)16-8-15-13(7-14(16)21)18(25)17(20(26)27)19-24(15)5-6-28-19/h7-8,11-12,22H,3-6,9-10H2,1-2H3,(H,26,27). The molecule has 2 aliphatic heterocycles. The zero-order valence-electron chi connectivity index (χ0n) is 16.0. The van der Waals surface area contributed by atoms with Crippen LogP contribution >= 0.6 is 11.8 Å². The highest BCUT2D eigenvalue weighted by Crippen LogP contribution is 2.35. The Morgan fingerprint density at radius 1 is 1.39 bits per heavy atom. The Hall–Kier alpha value is -2.06. The lowest BCUT2D eigenvalue weighted by Crippen LogP contribution is -2.31. The Bertz CT molecular complexity index is 1000. The van der Waals surface area contributed by atoms with Crippen LogP contribution in [0.3, 0.4) is 0 Å². The first-order valence-corrected chi connectivity index (χ1v) is 10.6. The first-order chi connectivity index (χ1) is 13.4. The number of rotatable bonds is 5. The number of fused-ring (bicyclic) bond motifs is 3. The molecule has 4 rings (SSSR count). The number of aromatic nitrogens is 1. The Balaban J connectivity index is 1.75. The number of hydrogen-bond acceptors (Lipinski definition) is 5. The van der Waals surface area contributed by atoms with E-state index in [0.717, 1.165) is 26.1 Å². The monoisotopic (exact) mass is 405 g/mol. The molecule has 0 saturated carbocycles. The second kappa shape index (κ2) is 7.40. The lowest BCUT2D eigenvalue weighted by molar-refractivity contribution is 0.0690. The fraction of sp³-hybridized carbons (Fsp3) is 0.500. The first kappa shape index (κ1) is 19.3. The van der Waals surface area contributed by atoms with Crippen LogP contribution in [0.25, 0.3) is 10.9 Å². The van der Waals surface area contributed by atoms with Crippen molar-refractivity contribution >= 4 is 34.3 Å². The van der Waals surface area contributed by atoms with Crippen LogP contribution in [0.5, 0.6) is 0 Å². The number of carbonyl (C=O) groups is 1. The van der Waals surface area contributed by atoms with Crippen molar-refractivity contribution in [2.24, 2.45) is 5.92 Å².